The number of aliphatic hydroxyl groups is 1. The van der Waals surface area contributed by atoms with E-state index >= 15 is 0 Å². The lowest BCUT2D eigenvalue weighted by molar-refractivity contribution is 0.158. The Balaban J connectivity index is 2.43. The molecule has 0 aliphatic heterocycles. The van der Waals surface area contributed by atoms with E-state index in [9.17, 15) is 5.11 Å². The van der Waals surface area contributed by atoms with Crippen molar-refractivity contribution < 1.29 is 5.11 Å². The molecule has 1 heteroatoms. The summed E-state index contributed by atoms with van der Waals surface area (Å²) in [5.74, 6) is 0.737. The molecule has 0 fully saturated rings. The molecule has 1 aliphatic rings. The maximum Gasteiger partial charge on any atom is 0.0752 e. The molecule has 0 radical (unpaired) electrons. The third kappa shape index (κ3) is 3.15. The second-order valence-electron chi connectivity index (χ2n) is 4.17. The lowest BCUT2D eigenvalue weighted by Crippen LogP contribution is -2.20. The lowest BCUT2D eigenvalue weighted by Gasteiger charge is -2.26. The summed E-state index contributed by atoms with van der Waals surface area (Å²) in [5, 5.41) is 9.83. The van der Waals surface area contributed by atoms with Crippen LogP contribution in [0.1, 0.15) is 52.4 Å². The van der Waals surface area contributed by atoms with Crippen molar-refractivity contribution in [1.82, 2.24) is 0 Å². The van der Waals surface area contributed by atoms with Crippen LogP contribution in [-0.4, -0.2) is 11.2 Å². The normalized spacial score (nSPS) is 28.7. The van der Waals surface area contributed by atoms with E-state index in [-0.39, 0.29) is 6.10 Å². The van der Waals surface area contributed by atoms with E-state index in [1.54, 1.807) is 0 Å². The summed E-state index contributed by atoms with van der Waals surface area (Å²) in [6.07, 6.45) is 9.09. The van der Waals surface area contributed by atoms with E-state index in [0.717, 1.165) is 25.2 Å². The van der Waals surface area contributed by atoms with Crippen LogP contribution in [0.4, 0.5) is 0 Å². The Morgan fingerprint density at radius 3 is 2.69 bits per heavy atom. The molecule has 1 N–H and O–H groups in total. The maximum absolute atomic E-state index is 9.83. The first-order valence-electron chi connectivity index (χ1n) is 5.64. The Labute approximate surface area is 81.9 Å². The molecular weight excluding hydrogens is 160 g/mol. The molecule has 0 aromatic rings. The highest BCUT2D eigenvalue weighted by molar-refractivity contribution is 5.12. The monoisotopic (exact) mass is 182 g/mol. The second kappa shape index (κ2) is 5.43. The van der Waals surface area contributed by atoms with Gasteiger partial charge in [0.2, 0.25) is 0 Å². The van der Waals surface area contributed by atoms with E-state index in [2.05, 4.69) is 19.9 Å². The summed E-state index contributed by atoms with van der Waals surface area (Å²) >= 11 is 0. The molecule has 1 aliphatic carbocycles. The summed E-state index contributed by atoms with van der Waals surface area (Å²) in [7, 11) is 0. The SMILES string of the molecule is CCCC1=CCC(CCC)CC1O. The molecule has 0 amide bonds. The van der Waals surface area contributed by atoms with E-state index in [4.69, 9.17) is 0 Å². The van der Waals surface area contributed by atoms with E-state index in [0.29, 0.717) is 0 Å². The van der Waals surface area contributed by atoms with E-state index < -0.39 is 0 Å². The standard InChI is InChI=1S/C12H22O/c1-3-5-10-7-8-11(6-4-2)12(13)9-10/h8,10,12-13H,3-7,9H2,1-2H3. The van der Waals surface area contributed by atoms with Crippen LogP contribution in [-0.2, 0) is 0 Å². The number of aliphatic hydroxyl groups excluding tert-OH is 1. The molecule has 0 aromatic heterocycles. The van der Waals surface area contributed by atoms with Crippen molar-refractivity contribution in [2.75, 3.05) is 0 Å². The molecule has 0 aromatic carbocycles. The Bertz CT molecular complexity index is 172. The fraction of sp³-hybridized carbons (Fsp3) is 0.833. The highest BCUT2D eigenvalue weighted by Crippen LogP contribution is 2.29. The maximum atomic E-state index is 9.83. The largest absolute Gasteiger partial charge is 0.389 e. The summed E-state index contributed by atoms with van der Waals surface area (Å²) in [6, 6.07) is 0. The minimum absolute atomic E-state index is 0.134. The molecule has 0 bridgehead atoms. The topological polar surface area (TPSA) is 20.2 Å². The summed E-state index contributed by atoms with van der Waals surface area (Å²) < 4.78 is 0. The number of hydrogen-bond acceptors (Lipinski definition) is 1. The zero-order valence-corrected chi connectivity index (χ0v) is 8.92. The first kappa shape index (κ1) is 10.8. The van der Waals surface area contributed by atoms with Crippen molar-refractivity contribution in [3.05, 3.63) is 11.6 Å². The van der Waals surface area contributed by atoms with Crippen LogP contribution < -0.4 is 0 Å². The molecule has 76 valence electrons. The smallest absolute Gasteiger partial charge is 0.0752 e. The molecule has 0 saturated heterocycles. The molecular formula is C12H22O. The fourth-order valence-corrected chi connectivity index (χ4v) is 2.22. The van der Waals surface area contributed by atoms with Crippen molar-refractivity contribution in [2.24, 2.45) is 5.92 Å². The molecule has 13 heavy (non-hydrogen) atoms. The van der Waals surface area contributed by atoms with Gasteiger partial charge in [0.25, 0.3) is 0 Å². The Morgan fingerprint density at radius 1 is 1.38 bits per heavy atom. The van der Waals surface area contributed by atoms with Gasteiger partial charge >= 0.3 is 0 Å². The van der Waals surface area contributed by atoms with Crippen molar-refractivity contribution in [2.45, 2.75) is 58.5 Å². The van der Waals surface area contributed by atoms with Gasteiger partial charge in [-0.05, 0) is 30.8 Å². The van der Waals surface area contributed by atoms with Crippen molar-refractivity contribution in [1.29, 1.82) is 0 Å². The molecule has 1 rings (SSSR count). The van der Waals surface area contributed by atoms with Crippen LogP contribution in [0.2, 0.25) is 0 Å². The molecule has 2 atom stereocenters. The highest BCUT2D eigenvalue weighted by atomic mass is 16.3. The Morgan fingerprint density at radius 2 is 2.15 bits per heavy atom. The van der Waals surface area contributed by atoms with Crippen LogP contribution in [0.5, 0.6) is 0 Å². The highest BCUT2D eigenvalue weighted by Gasteiger charge is 2.20. The fourth-order valence-electron chi connectivity index (χ4n) is 2.22. The Kier molecular flexibility index (Phi) is 4.51. The van der Waals surface area contributed by atoms with Gasteiger partial charge in [-0.1, -0.05) is 39.2 Å². The first-order chi connectivity index (χ1) is 6.27. The van der Waals surface area contributed by atoms with E-state index in [1.165, 1.54) is 24.8 Å². The first-order valence-corrected chi connectivity index (χ1v) is 5.64. The van der Waals surface area contributed by atoms with Crippen LogP contribution >= 0.6 is 0 Å². The third-order valence-electron chi connectivity index (χ3n) is 2.93. The van der Waals surface area contributed by atoms with Crippen LogP contribution in [0, 0.1) is 5.92 Å². The van der Waals surface area contributed by atoms with Gasteiger partial charge < -0.3 is 5.11 Å². The minimum atomic E-state index is -0.134. The average Bonchev–Trinajstić information content (AvgIpc) is 2.10. The second-order valence-corrected chi connectivity index (χ2v) is 4.17. The molecule has 0 spiro atoms. The quantitative estimate of drug-likeness (QED) is 0.661. The van der Waals surface area contributed by atoms with Gasteiger partial charge in [-0.25, -0.2) is 0 Å². The van der Waals surface area contributed by atoms with Gasteiger partial charge in [0, 0.05) is 0 Å². The molecule has 0 heterocycles. The number of hydrogen-bond donors (Lipinski definition) is 1. The molecule has 0 saturated carbocycles. The van der Waals surface area contributed by atoms with Crippen molar-refractivity contribution >= 4 is 0 Å². The van der Waals surface area contributed by atoms with Gasteiger partial charge in [0.15, 0.2) is 0 Å². The van der Waals surface area contributed by atoms with Gasteiger partial charge in [0.05, 0.1) is 6.10 Å². The lowest BCUT2D eigenvalue weighted by atomic mass is 9.83. The summed E-state index contributed by atoms with van der Waals surface area (Å²) in [6.45, 7) is 4.39. The van der Waals surface area contributed by atoms with Crippen LogP contribution in [0.15, 0.2) is 11.6 Å². The summed E-state index contributed by atoms with van der Waals surface area (Å²) in [5.41, 5.74) is 1.29. The van der Waals surface area contributed by atoms with Crippen LogP contribution in [0.3, 0.4) is 0 Å². The van der Waals surface area contributed by atoms with Gasteiger partial charge in [-0.3, -0.25) is 0 Å². The van der Waals surface area contributed by atoms with Crippen molar-refractivity contribution in [3.8, 4) is 0 Å². The molecule has 2 unspecified atom stereocenters. The summed E-state index contributed by atoms with van der Waals surface area (Å²) in [4.78, 5) is 0. The molecule has 1 nitrogen and oxygen atoms in total. The predicted octanol–water partition coefficient (Wildman–Crippen LogP) is 3.28. The predicted molar refractivity (Wildman–Crippen MR) is 56.6 cm³/mol. The van der Waals surface area contributed by atoms with Gasteiger partial charge in [-0.15, -0.1) is 0 Å². The van der Waals surface area contributed by atoms with Crippen LogP contribution in [0.25, 0.3) is 0 Å². The average molecular weight is 182 g/mol. The van der Waals surface area contributed by atoms with Crippen molar-refractivity contribution in [3.63, 3.8) is 0 Å². The third-order valence-corrected chi connectivity index (χ3v) is 2.93. The van der Waals surface area contributed by atoms with E-state index in [1.807, 2.05) is 0 Å². The minimum Gasteiger partial charge on any atom is -0.389 e. The van der Waals surface area contributed by atoms with Gasteiger partial charge in [-0.2, -0.15) is 0 Å². The Hall–Kier alpha value is -0.300. The number of allylic oxidation sites excluding steroid dienone is 1. The number of rotatable bonds is 4. The van der Waals surface area contributed by atoms with Gasteiger partial charge in [0.1, 0.15) is 0 Å². The zero-order chi connectivity index (χ0) is 9.68. The zero-order valence-electron chi connectivity index (χ0n) is 8.92.